The summed E-state index contributed by atoms with van der Waals surface area (Å²) in [5, 5.41) is 3.18. The Kier molecular flexibility index (Phi) is 6.81. The zero-order valence-electron chi connectivity index (χ0n) is 18.3. The summed E-state index contributed by atoms with van der Waals surface area (Å²) >= 11 is 0. The number of nitrogens with one attached hydrogen (secondary N) is 1. The van der Waals surface area contributed by atoms with Gasteiger partial charge in [0.1, 0.15) is 0 Å². The Labute approximate surface area is 176 Å². The Morgan fingerprint density at radius 2 is 1.83 bits per heavy atom. The molecule has 4 bridgehead atoms. The van der Waals surface area contributed by atoms with Gasteiger partial charge in [0.05, 0.1) is 6.33 Å². The molecule has 4 fully saturated rings. The monoisotopic (exact) mass is 400 g/mol. The molecule has 5 rings (SSSR count). The molecule has 4 aliphatic rings. The van der Waals surface area contributed by atoms with Crippen molar-refractivity contribution < 1.29 is 4.79 Å². The van der Waals surface area contributed by atoms with E-state index in [1.54, 1.807) is 6.20 Å². The number of urea groups is 1. The molecule has 5 nitrogen and oxygen atoms in total. The standard InChI is InChI=1S/C24H40N4O/c1-2-3-4-10-28(23(29)26-7-5-9-27-12-8-25-19-27)11-6-24-16-20-13-21(17-24)15-22(14-20)18-24/h8,12,19-22H,2-7,9-11,13-18H2,1H3,(H,26,29). The Morgan fingerprint density at radius 1 is 1.10 bits per heavy atom. The number of imidazole rings is 1. The van der Waals surface area contributed by atoms with E-state index in [-0.39, 0.29) is 6.03 Å². The predicted molar refractivity (Wildman–Crippen MR) is 117 cm³/mol. The normalized spacial score (nSPS) is 29.9. The minimum atomic E-state index is 0.150. The number of aromatic nitrogens is 2. The predicted octanol–water partition coefficient (Wildman–Crippen LogP) is 5.08. The quantitative estimate of drug-likeness (QED) is 0.527. The van der Waals surface area contributed by atoms with Crippen LogP contribution in [-0.4, -0.2) is 40.1 Å². The fraction of sp³-hybridized carbons (Fsp3) is 0.833. The Morgan fingerprint density at radius 3 is 2.45 bits per heavy atom. The van der Waals surface area contributed by atoms with Crippen LogP contribution in [0.5, 0.6) is 0 Å². The third kappa shape index (κ3) is 5.35. The number of hydrogen-bond acceptors (Lipinski definition) is 2. The Hall–Kier alpha value is -1.52. The molecule has 1 N–H and O–H groups in total. The van der Waals surface area contributed by atoms with Gasteiger partial charge in [-0.05, 0) is 81.0 Å². The smallest absolute Gasteiger partial charge is 0.317 e. The van der Waals surface area contributed by atoms with Gasteiger partial charge in [-0.15, -0.1) is 0 Å². The van der Waals surface area contributed by atoms with Crippen molar-refractivity contribution in [3.8, 4) is 0 Å². The maximum Gasteiger partial charge on any atom is 0.317 e. The van der Waals surface area contributed by atoms with Gasteiger partial charge in [-0.25, -0.2) is 9.78 Å². The van der Waals surface area contributed by atoms with Gasteiger partial charge in [-0.2, -0.15) is 0 Å². The average Bonchev–Trinajstić information content (AvgIpc) is 3.20. The molecule has 0 radical (unpaired) electrons. The summed E-state index contributed by atoms with van der Waals surface area (Å²) in [4.78, 5) is 19.1. The number of unbranched alkanes of at least 4 members (excludes halogenated alkanes) is 2. The first kappa shape index (κ1) is 20.7. The Bertz CT molecular complexity index is 606. The lowest BCUT2D eigenvalue weighted by atomic mass is 9.49. The first-order valence-electron chi connectivity index (χ1n) is 12.1. The van der Waals surface area contributed by atoms with Gasteiger partial charge < -0.3 is 14.8 Å². The van der Waals surface area contributed by atoms with Gasteiger partial charge in [-0.3, -0.25) is 0 Å². The van der Waals surface area contributed by atoms with E-state index in [1.807, 2.05) is 12.5 Å². The molecule has 0 unspecified atom stereocenters. The minimum Gasteiger partial charge on any atom is -0.338 e. The lowest BCUT2D eigenvalue weighted by molar-refractivity contribution is -0.0596. The highest BCUT2D eigenvalue weighted by Gasteiger charge is 2.50. The van der Waals surface area contributed by atoms with Crippen LogP contribution >= 0.6 is 0 Å². The van der Waals surface area contributed by atoms with E-state index >= 15 is 0 Å². The summed E-state index contributed by atoms with van der Waals surface area (Å²) in [6.07, 6.45) is 20.1. The van der Waals surface area contributed by atoms with Crippen molar-refractivity contribution >= 4 is 6.03 Å². The molecule has 0 saturated heterocycles. The van der Waals surface area contributed by atoms with Crippen molar-refractivity contribution in [3.05, 3.63) is 18.7 Å². The van der Waals surface area contributed by atoms with Crippen molar-refractivity contribution in [1.29, 1.82) is 0 Å². The van der Waals surface area contributed by atoms with Crippen LogP contribution in [-0.2, 0) is 6.54 Å². The molecule has 4 saturated carbocycles. The van der Waals surface area contributed by atoms with Gasteiger partial charge in [-0.1, -0.05) is 19.8 Å². The fourth-order valence-electron chi connectivity index (χ4n) is 6.82. The zero-order valence-corrected chi connectivity index (χ0v) is 18.3. The van der Waals surface area contributed by atoms with Gasteiger partial charge in [0, 0.05) is 38.6 Å². The zero-order chi connectivity index (χ0) is 20.1. The van der Waals surface area contributed by atoms with Crippen LogP contribution in [0.15, 0.2) is 18.7 Å². The highest BCUT2D eigenvalue weighted by Crippen LogP contribution is 2.61. The lowest BCUT2D eigenvalue weighted by Gasteiger charge is -2.57. The minimum absolute atomic E-state index is 0.150. The lowest BCUT2D eigenvalue weighted by Crippen LogP contribution is -2.48. The van der Waals surface area contributed by atoms with E-state index in [9.17, 15) is 4.79 Å². The van der Waals surface area contributed by atoms with Gasteiger partial charge in [0.15, 0.2) is 0 Å². The molecule has 162 valence electrons. The summed E-state index contributed by atoms with van der Waals surface area (Å²) in [6.45, 7) is 5.73. The molecule has 0 aliphatic heterocycles. The molecule has 1 heterocycles. The Balaban J connectivity index is 1.26. The number of carbonyl (C=O) groups is 1. The van der Waals surface area contributed by atoms with Crippen molar-refractivity contribution in [3.63, 3.8) is 0 Å². The van der Waals surface area contributed by atoms with Crippen LogP contribution in [0.25, 0.3) is 0 Å². The molecular formula is C24H40N4O. The molecule has 2 amide bonds. The summed E-state index contributed by atoms with van der Waals surface area (Å²) in [7, 11) is 0. The number of amides is 2. The van der Waals surface area contributed by atoms with Crippen LogP contribution in [0.4, 0.5) is 4.79 Å². The molecule has 0 aromatic carbocycles. The van der Waals surface area contributed by atoms with Gasteiger partial charge in [0.25, 0.3) is 0 Å². The van der Waals surface area contributed by atoms with Crippen molar-refractivity contribution in [2.24, 2.45) is 23.2 Å². The summed E-state index contributed by atoms with van der Waals surface area (Å²) < 4.78 is 2.07. The molecular weight excluding hydrogens is 360 g/mol. The van der Waals surface area contributed by atoms with Gasteiger partial charge in [0.2, 0.25) is 0 Å². The summed E-state index contributed by atoms with van der Waals surface area (Å²) in [6, 6.07) is 0.150. The topological polar surface area (TPSA) is 50.2 Å². The SMILES string of the molecule is CCCCCN(CCC12CC3CC(CC(C3)C1)C2)C(=O)NCCCn1ccnc1. The average molecular weight is 401 g/mol. The first-order valence-corrected chi connectivity index (χ1v) is 12.1. The molecule has 29 heavy (non-hydrogen) atoms. The second-order valence-electron chi connectivity index (χ2n) is 10.2. The van der Waals surface area contributed by atoms with Crippen LogP contribution in [0.1, 0.15) is 77.6 Å². The maximum atomic E-state index is 12.9. The van der Waals surface area contributed by atoms with Crippen LogP contribution < -0.4 is 5.32 Å². The highest BCUT2D eigenvalue weighted by atomic mass is 16.2. The number of aryl methyl sites for hydroxylation is 1. The molecule has 0 spiro atoms. The van der Waals surface area contributed by atoms with Crippen molar-refractivity contribution in [2.45, 2.75) is 84.1 Å². The van der Waals surface area contributed by atoms with E-state index in [0.29, 0.717) is 5.41 Å². The van der Waals surface area contributed by atoms with E-state index < -0.39 is 0 Å². The summed E-state index contributed by atoms with van der Waals surface area (Å²) in [5.41, 5.74) is 0.555. The molecule has 5 heteroatoms. The molecule has 4 aliphatic carbocycles. The third-order valence-electron chi connectivity index (χ3n) is 7.82. The summed E-state index contributed by atoms with van der Waals surface area (Å²) in [5.74, 6) is 2.98. The number of rotatable bonds is 11. The van der Waals surface area contributed by atoms with Crippen molar-refractivity contribution in [1.82, 2.24) is 19.8 Å². The largest absolute Gasteiger partial charge is 0.338 e. The maximum absolute atomic E-state index is 12.9. The fourth-order valence-corrected chi connectivity index (χ4v) is 6.82. The van der Waals surface area contributed by atoms with E-state index in [1.165, 1.54) is 57.8 Å². The van der Waals surface area contributed by atoms with Gasteiger partial charge >= 0.3 is 6.03 Å². The molecule has 1 aromatic heterocycles. The van der Waals surface area contributed by atoms with E-state index in [0.717, 1.165) is 56.8 Å². The second-order valence-corrected chi connectivity index (χ2v) is 10.2. The van der Waals surface area contributed by atoms with Crippen molar-refractivity contribution in [2.75, 3.05) is 19.6 Å². The highest BCUT2D eigenvalue weighted by molar-refractivity contribution is 5.74. The third-order valence-corrected chi connectivity index (χ3v) is 7.82. The van der Waals surface area contributed by atoms with E-state index in [2.05, 4.69) is 26.7 Å². The first-order chi connectivity index (χ1) is 14.2. The molecule has 1 aromatic rings. The number of carbonyl (C=O) groups excluding carboxylic acids is 1. The van der Waals surface area contributed by atoms with Crippen LogP contribution in [0, 0.1) is 23.2 Å². The number of nitrogens with zero attached hydrogens (tertiary/aromatic N) is 3. The van der Waals surface area contributed by atoms with Crippen LogP contribution in [0.2, 0.25) is 0 Å². The van der Waals surface area contributed by atoms with E-state index in [4.69, 9.17) is 0 Å². The second kappa shape index (κ2) is 9.53. The number of hydrogen-bond donors (Lipinski definition) is 1. The van der Waals surface area contributed by atoms with Crippen LogP contribution in [0.3, 0.4) is 0 Å². The molecule has 0 atom stereocenters.